The Morgan fingerprint density at radius 3 is 2.38 bits per heavy atom. The van der Waals surface area contributed by atoms with E-state index in [0.717, 1.165) is 0 Å². The quantitative estimate of drug-likeness (QED) is 0.565. The van der Waals surface area contributed by atoms with E-state index >= 15 is 0 Å². The maximum Gasteiger partial charge on any atom is 0.244 e. The average Bonchev–Trinajstić information content (AvgIpc) is 2.58. The molecule has 6 nitrogen and oxygen atoms in total. The third kappa shape index (κ3) is 2.06. The number of hydrogen-bond donors (Lipinski definition) is 2. The van der Waals surface area contributed by atoms with Gasteiger partial charge < -0.3 is 5.73 Å². The van der Waals surface area contributed by atoms with Crippen molar-refractivity contribution in [1.29, 1.82) is 0 Å². The van der Waals surface area contributed by atoms with E-state index in [4.69, 9.17) is 5.73 Å². The van der Waals surface area contributed by atoms with Gasteiger partial charge in [0.15, 0.2) is 0 Å². The Balaban J connectivity index is 1.92. The summed E-state index contributed by atoms with van der Waals surface area (Å²) in [6, 6.07) is -0.346. The van der Waals surface area contributed by atoms with Crippen LogP contribution in [0.15, 0.2) is 0 Å². The Labute approximate surface area is 93.1 Å². The van der Waals surface area contributed by atoms with Gasteiger partial charge >= 0.3 is 0 Å². The van der Waals surface area contributed by atoms with E-state index in [1.165, 1.54) is 0 Å². The normalized spacial score (nSPS) is 28.1. The number of carbonyl (C=O) groups excluding carboxylic acids is 3. The van der Waals surface area contributed by atoms with Crippen LogP contribution in [0.3, 0.4) is 0 Å². The molecular formula is C10H15N3O3. The fourth-order valence-electron chi connectivity index (χ4n) is 2.33. The van der Waals surface area contributed by atoms with Crippen LogP contribution in [-0.4, -0.2) is 41.8 Å². The van der Waals surface area contributed by atoms with Crippen molar-refractivity contribution in [2.24, 2.45) is 11.7 Å². The molecule has 88 valence electrons. The molecule has 1 atom stereocenters. The molecule has 0 spiro atoms. The molecule has 0 bridgehead atoms. The lowest BCUT2D eigenvalue weighted by Crippen LogP contribution is -2.46. The predicted molar refractivity (Wildman–Crippen MR) is 55.0 cm³/mol. The van der Waals surface area contributed by atoms with Crippen molar-refractivity contribution < 1.29 is 14.4 Å². The van der Waals surface area contributed by atoms with Crippen LogP contribution in [0, 0.1) is 5.92 Å². The second kappa shape index (κ2) is 4.21. The topological polar surface area (TPSA) is 92.5 Å². The molecule has 2 aliphatic heterocycles. The lowest BCUT2D eigenvalue weighted by Gasteiger charge is -2.33. The van der Waals surface area contributed by atoms with Gasteiger partial charge in [0.2, 0.25) is 17.7 Å². The number of nitrogens with zero attached hydrogens (tertiary/aromatic N) is 1. The van der Waals surface area contributed by atoms with Crippen LogP contribution in [0.1, 0.15) is 19.3 Å². The molecule has 0 aromatic heterocycles. The Hall–Kier alpha value is -1.43. The molecule has 0 aromatic rings. The SMILES string of the molecule is NC(=O)C1CCN([C@H]2CC(=O)NC2=O)CC1. The van der Waals surface area contributed by atoms with Gasteiger partial charge in [-0.25, -0.2) is 0 Å². The Kier molecular flexibility index (Phi) is 2.91. The third-order valence-electron chi connectivity index (χ3n) is 3.32. The zero-order chi connectivity index (χ0) is 11.7. The van der Waals surface area contributed by atoms with Crippen LogP contribution in [0.25, 0.3) is 0 Å². The average molecular weight is 225 g/mol. The summed E-state index contributed by atoms with van der Waals surface area (Å²) in [6.07, 6.45) is 1.58. The van der Waals surface area contributed by atoms with E-state index in [9.17, 15) is 14.4 Å². The molecular weight excluding hydrogens is 210 g/mol. The number of likely N-dealkylation sites (tertiary alicyclic amines) is 1. The van der Waals surface area contributed by atoms with E-state index in [0.29, 0.717) is 25.9 Å². The fraction of sp³-hybridized carbons (Fsp3) is 0.700. The number of amides is 3. The minimum atomic E-state index is -0.346. The number of primary amides is 1. The molecule has 2 fully saturated rings. The number of imide groups is 1. The van der Waals surface area contributed by atoms with E-state index in [2.05, 4.69) is 5.32 Å². The van der Waals surface area contributed by atoms with Gasteiger partial charge in [0.25, 0.3) is 0 Å². The summed E-state index contributed by atoms with van der Waals surface area (Å²) in [5.74, 6) is -0.794. The van der Waals surface area contributed by atoms with E-state index in [1.807, 2.05) is 4.90 Å². The summed E-state index contributed by atoms with van der Waals surface area (Å²) in [5.41, 5.74) is 5.22. The van der Waals surface area contributed by atoms with E-state index in [1.54, 1.807) is 0 Å². The number of nitrogens with one attached hydrogen (secondary N) is 1. The molecule has 0 aromatic carbocycles. The Morgan fingerprint density at radius 2 is 1.94 bits per heavy atom. The number of hydrogen-bond acceptors (Lipinski definition) is 4. The molecule has 6 heteroatoms. The summed E-state index contributed by atoms with van der Waals surface area (Å²) < 4.78 is 0. The van der Waals surface area contributed by atoms with Crippen molar-refractivity contribution in [3.8, 4) is 0 Å². The fourth-order valence-corrected chi connectivity index (χ4v) is 2.33. The van der Waals surface area contributed by atoms with Gasteiger partial charge in [0, 0.05) is 5.92 Å². The zero-order valence-electron chi connectivity index (χ0n) is 8.94. The van der Waals surface area contributed by atoms with Gasteiger partial charge in [-0.1, -0.05) is 0 Å². The molecule has 2 saturated heterocycles. The van der Waals surface area contributed by atoms with Crippen LogP contribution in [0.5, 0.6) is 0 Å². The number of carbonyl (C=O) groups is 3. The maximum atomic E-state index is 11.4. The summed E-state index contributed by atoms with van der Waals surface area (Å²) in [7, 11) is 0. The highest BCUT2D eigenvalue weighted by Crippen LogP contribution is 2.21. The molecule has 3 amide bonds. The van der Waals surface area contributed by atoms with Crippen LogP contribution in [0.2, 0.25) is 0 Å². The number of rotatable bonds is 2. The molecule has 0 unspecified atom stereocenters. The molecule has 0 saturated carbocycles. The largest absolute Gasteiger partial charge is 0.369 e. The molecule has 16 heavy (non-hydrogen) atoms. The highest BCUT2D eigenvalue weighted by atomic mass is 16.2. The minimum absolute atomic E-state index is 0.0867. The minimum Gasteiger partial charge on any atom is -0.369 e. The van der Waals surface area contributed by atoms with Gasteiger partial charge in [0.05, 0.1) is 12.5 Å². The molecule has 2 aliphatic rings. The van der Waals surface area contributed by atoms with Crippen molar-refractivity contribution in [3.05, 3.63) is 0 Å². The zero-order valence-corrected chi connectivity index (χ0v) is 8.94. The van der Waals surface area contributed by atoms with Crippen LogP contribution >= 0.6 is 0 Å². The number of nitrogens with two attached hydrogens (primary N) is 1. The highest BCUT2D eigenvalue weighted by molar-refractivity contribution is 6.05. The first kappa shape index (κ1) is 11.1. The number of piperidine rings is 1. The second-order valence-electron chi connectivity index (χ2n) is 4.34. The lowest BCUT2D eigenvalue weighted by atomic mass is 9.95. The van der Waals surface area contributed by atoms with E-state index < -0.39 is 0 Å². The summed E-state index contributed by atoms with van der Waals surface area (Å²) >= 11 is 0. The second-order valence-corrected chi connectivity index (χ2v) is 4.34. The third-order valence-corrected chi connectivity index (χ3v) is 3.32. The highest BCUT2D eigenvalue weighted by Gasteiger charge is 2.37. The molecule has 0 aliphatic carbocycles. The van der Waals surface area contributed by atoms with Gasteiger partial charge in [-0.3, -0.25) is 24.6 Å². The van der Waals surface area contributed by atoms with Gasteiger partial charge in [0.1, 0.15) is 0 Å². The standard InChI is InChI=1S/C10H15N3O3/c11-9(15)6-1-3-13(4-2-6)7-5-8(14)12-10(7)16/h6-7H,1-5H2,(H2,11,15)(H,12,14,16)/t7-/m0/s1. The summed E-state index contributed by atoms with van der Waals surface area (Å²) in [4.78, 5) is 35.4. The smallest absolute Gasteiger partial charge is 0.244 e. The summed E-state index contributed by atoms with van der Waals surface area (Å²) in [5, 5.41) is 2.29. The van der Waals surface area contributed by atoms with Gasteiger partial charge in [-0.15, -0.1) is 0 Å². The van der Waals surface area contributed by atoms with E-state index in [-0.39, 0.29) is 36.1 Å². The molecule has 2 heterocycles. The van der Waals surface area contributed by atoms with Crippen LogP contribution in [0.4, 0.5) is 0 Å². The first-order valence-electron chi connectivity index (χ1n) is 5.45. The first-order chi connectivity index (χ1) is 7.58. The maximum absolute atomic E-state index is 11.4. The Bertz CT molecular complexity index is 334. The van der Waals surface area contributed by atoms with Crippen molar-refractivity contribution in [2.45, 2.75) is 25.3 Å². The summed E-state index contributed by atoms with van der Waals surface area (Å²) in [6.45, 7) is 1.30. The molecule has 3 N–H and O–H groups in total. The predicted octanol–water partition coefficient (Wildman–Crippen LogP) is -1.40. The molecule has 0 radical (unpaired) electrons. The van der Waals surface area contributed by atoms with Crippen molar-refractivity contribution in [2.75, 3.05) is 13.1 Å². The van der Waals surface area contributed by atoms with Crippen molar-refractivity contribution in [3.63, 3.8) is 0 Å². The van der Waals surface area contributed by atoms with Crippen LogP contribution in [-0.2, 0) is 14.4 Å². The first-order valence-corrected chi connectivity index (χ1v) is 5.45. The van der Waals surface area contributed by atoms with Crippen molar-refractivity contribution in [1.82, 2.24) is 10.2 Å². The van der Waals surface area contributed by atoms with Crippen LogP contribution < -0.4 is 11.1 Å². The van der Waals surface area contributed by atoms with Crippen molar-refractivity contribution >= 4 is 17.7 Å². The molecule has 2 rings (SSSR count). The Morgan fingerprint density at radius 1 is 1.31 bits per heavy atom. The van der Waals surface area contributed by atoms with Gasteiger partial charge in [-0.05, 0) is 25.9 Å². The monoisotopic (exact) mass is 225 g/mol. The van der Waals surface area contributed by atoms with Gasteiger partial charge in [-0.2, -0.15) is 0 Å². The lowest BCUT2D eigenvalue weighted by molar-refractivity contribution is -0.126.